The molecular formula is C9H17NS. The maximum atomic E-state index is 3.49. The predicted octanol–water partition coefficient (Wildman–Crippen LogP) is 1.88. The number of rotatable bonds is 0. The van der Waals surface area contributed by atoms with E-state index in [9.17, 15) is 0 Å². The molecule has 2 rings (SSSR count). The van der Waals surface area contributed by atoms with E-state index >= 15 is 0 Å². The SMILES string of the molecule is C1CC2(C1)CCNCCSC2. The molecule has 2 fully saturated rings. The van der Waals surface area contributed by atoms with E-state index in [1.807, 2.05) is 0 Å². The lowest BCUT2D eigenvalue weighted by atomic mass is 9.68. The van der Waals surface area contributed by atoms with E-state index in [0.29, 0.717) is 0 Å². The molecule has 2 aliphatic rings. The number of hydrogen-bond acceptors (Lipinski definition) is 2. The molecule has 0 atom stereocenters. The van der Waals surface area contributed by atoms with Crippen molar-refractivity contribution in [2.45, 2.75) is 25.7 Å². The van der Waals surface area contributed by atoms with Gasteiger partial charge in [-0.05, 0) is 37.0 Å². The van der Waals surface area contributed by atoms with Crippen LogP contribution < -0.4 is 5.32 Å². The first-order chi connectivity index (χ1) is 5.41. The second kappa shape index (κ2) is 3.36. The fourth-order valence-corrected chi connectivity index (χ4v) is 3.35. The summed E-state index contributed by atoms with van der Waals surface area (Å²) < 4.78 is 0. The minimum absolute atomic E-state index is 0.776. The van der Waals surface area contributed by atoms with Crippen molar-refractivity contribution in [3.05, 3.63) is 0 Å². The molecule has 1 spiro atoms. The molecule has 0 amide bonds. The van der Waals surface area contributed by atoms with E-state index in [2.05, 4.69) is 17.1 Å². The first-order valence-corrected chi connectivity index (χ1v) is 5.85. The first-order valence-electron chi connectivity index (χ1n) is 4.70. The molecule has 1 aliphatic carbocycles. The van der Waals surface area contributed by atoms with Crippen LogP contribution in [0.5, 0.6) is 0 Å². The minimum atomic E-state index is 0.776. The highest BCUT2D eigenvalue weighted by Crippen LogP contribution is 2.46. The topological polar surface area (TPSA) is 12.0 Å². The van der Waals surface area contributed by atoms with Crippen molar-refractivity contribution in [3.63, 3.8) is 0 Å². The Labute approximate surface area is 73.3 Å². The molecule has 0 aromatic carbocycles. The van der Waals surface area contributed by atoms with Crippen LogP contribution in [0.2, 0.25) is 0 Å². The van der Waals surface area contributed by atoms with Crippen LogP contribution in [0.25, 0.3) is 0 Å². The van der Waals surface area contributed by atoms with Gasteiger partial charge in [0.05, 0.1) is 0 Å². The van der Waals surface area contributed by atoms with Crippen LogP contribution in [0.1, 0.15) is 25.7 Å². The summed E-state index contributed by atoms with van der Waals surface area (Å²) in [5.41, 5.74) is 0.776. The van der Waals surface area contributed by atoms with Crippen LogP contribution >= 0.6 is 11.8 Å². The Morgan fingerprint density at radius 1 is 1.09 bits per heavy atom. The summed E-state index contributed by atoms with van der Waals surface area (Å²) in [5.74, 6) is 2.76. The molecule has 1 saturated carbocycles. The lowest BCUT2D eigenvalue weighted by molar-refractivity contribution is 0.151. The third kappa shape index (κ3) is 1.73. The van der Waals surface area contributed by atoms with Gasteiger partial charge in [-0.1, -0.05) is 6.42 Å². The molecule has 11 heavy (non-hydrogen) atoms. The van der Waals surface area contributed by atoms with Crippen molar-refractivity contribution < 1.29 is 0 Å². The summed E-state index contributed by atoms with van der Waals surface area (Å²) in [6, 6.07) is 0. The summed E-state index contributed by atoms with van der Waals surface area (Å²) in [4.78, 5) is 0. The number of nitrogens with one attached hydrogen (secondary N) is 1. The van der Waals surface area contributed by atoms with E-state index in [-0.39, 0.29) is 0 Å². The van der Waals surface area contributed by atoms with Gasteiger partial charge in [-0.3, -0.25) is 0 Å². The summed E-state index contributed by atoms with van der Waals surface area (Å²) in [6.45, 7) is 2.49. The van der Waals surface area contributed by atoms with Gasteiger partial charge in [0.25, 0.3) is 0 Å². The van der Waals surface area contributed by atoms with Crippen LogP contribution in [0.15, 0.2) is 0 Å². The fraction of sp³-hybridized carbons (Fsp3) is 1.00. The maximum absolute atomic E-state index is 3.49. The van der Waals surface area contributed by atoms with E-state index in [1.165, 1.54) is 50.3 Å². The van der Waals surface area contributed by atoms with Gasteiger partial charge in [-0.25, -0.2) is 0 Å². The van der Waals surface area contributed by atoms with Gasteiger partial charge in [0.2, 0.25) is 0 Å². The van der Waals surface area contributed by atoms with Gasteiger partial charge in [-0.2, -0.15) is 11.8 Å². The van der Waals surface area contributed by atoms with Crippen LogP contribution in [0.3, 0.4) is 0 Å². The zero-order valence-corrected chi connectivity index (χ0v) is 7.88. The van der Waals surface area contributed by atoms with Crippen molar-refractivity contribution in [2.75, 3.05) is 24.6 Å². The smallest absolute Gasteiger partial charge is 0.00583 e. The Balaban J connectivity index is 1.86. The Morgan fingerprint density at radius 2 is 2.00 bits per heavy atom. The fourth-order valence-electron chi connectivity index (χ4n) is 2.05. The molecule has 0 unspecified atom stereocenters. The van der Waals surface area contributed by atoms with Gasteiger partial charge in [-0.15, -0.1) is 0 Å². The highest BCUT2D eigenvalue weighted by atomic mass is 32.2. The Morgan fingerprint density at radius 3 is 2.73 bits per heavy atom. The Kier molecular flexibility index (Phi) is 2.42. The molecule has 1 nitrogen and oxygen atoms in total. The molecule has 0 bridgehead atoms. The molecule has 0 radical (unpaired) electrons. The Bertz CT molecular complexity index is 122. The highest BCUT2D eigenvalue weighted by molar-refractivity contribution is 7.99. The zero-order valence-electron chi connectivity index (χ0n) is 7.07. The van der Waals surface area contributed by atoms with Gasteiger partial charge in [0, 0.05) is 12.3 Å². The van der Waals surface area contributed by atoms with E-state index in [0.717, 1.165) is 5.41 Å². The third-order valence-corrected chi connectivity index (χ3v) is 4.39. The lowest BCUT2D eigenvalue weighted by Gasteiger charge is -2.43. The molecule has 64 valence electrons. The predicted molar refractivity (Wildman–Crippen MR) is 51.1 cm³/mol. The standard InChI is InChI=1S/C9H17NS/c1-2-9(3-1)4-5-10-6-7-11-8-9/h10H,1-8H2. The molecule has 0 aromatic heterocycles. The average Bonchev–Trinajstić information content (AvgIpc) is 1.82. The normalized spacial score (nSPS) is 30.5. The molecular weight excluding hydrogens is 154 g/mol. The van der Waals surface area contributed by atoms with Gasteiger partial charge >= 0.3 is 0 Å². The second-order valence-corrected chi connectivity index (χ2v) is 5.01. The van der Waals surface area contributed by atoms with Gasteiger partial charge in [0.15, 0.2) is 0 Å². The first kappa shape index (κ1) is 7.93. The molecule has 1 saturated heterocycles. The molecule has 1 aliphatic heterocycles. The minimum Gasteiger partial charge on any atom is -0.316 e. The molecule has 1 heterocycles. The van der Waals surface area contributed by atoms with E-state index < -0.39 is 0 Å². The van der Waals surface area contributed by atoms with Gasteiger partial charge < -0.3 is 5.32 Å². The van der Waals surface area contributed by atoms with E-state index in [4.69, 9.17) is 0 Å². The van der Waals surface area contributed by atoms with Crippen molar-refractivity contribution >= 4 is 11.8 Å². The zero-order chi connectivity index (χ0) is 7.57. The van der Waals surface area contributed by atoms with Crippen LogP contribution in [-0.4, -0.2) is 24.6 Å². The summed E-state index contributed by atoms with van der Waals surface area (Å²) in [5, 5.41) is 3.49. The number of thioether (sulfide) groups is 1. The quantitative estimate of drug-likeness (QED) is 0.597. The van der Waals surface area contributed by atoms with Crippen LogP contribution in [0.4, 0.5) is 0 Å². The monoisotopic (exact) mass is 171 g/mol. The Hall–Kier alpha value is 0.310. The van der Waals surface area contributed by atoms with Gasteiger partial charge in [0.1, 0.15) is 0 Å². The molecule has 1 N–H and O–H groups in total. The molecule has 0 aromatic rings. The average molecular weight is 171 g/mol. The van der Waals surface area contributed by atoms with Crippen LogP contribution in [-0.2, 0) is 0 Å². The molecule has 2 heteroatoms. The summed E-state index contributed by atoms with van der Waals surface area (Å²) >= 11 is 2.15. The van der Waals surface area contributed by atoms with Crippen molar-refractivity contribution in [1.82, 2.24) is 5.32 Å². The van der Waals surface area contributed by atoms with Crippen molar-refractivity contribution in [1.29, 1.82) is 0 Å². The second-order valence-electron chi connectivity index (χ2n) is 3.91. The highest BCUT2D eigenvalue weighted by Gasteiger charge is 2.36. The largest absolute Gasteiger partial charge is 0.316 e. The van der Waals surface area contributed by atoms with Crippen LogP contribution in [0, 0.1) is 5.41 Å². The van der Waals surface area contributed by atoms with Crippen molar-refractivity contribution in [2.24, 2.45) is 5.41 Å². The summed E-state index contributed by atoms with van der Waals surface area (Å²) in [6.07, 6.45) is 5.92. The lowest BCUT2D eigenvalue weighted by Crippen LogP contribution is -2.38. The maximum Gasteiger partial charge on any atom is 0.00583 e. The third-order valence-electron chi connectivity index (χ3n) is 3.08. The van der Waals surface area contributed by atoms with E-state index in [1.54, 1.807) is 0 Å². The number of hydrogen-bond donors (Lipinski definition) is 1. The van der Waals surface area contributed by atoms with Crippen molar-refractivity contribution in [3.8, 4) is 0 Å². The summed E-state index contributed by atoms with van der Waals surface area (Å²) in [7, 11) is 0.